The highest BCUT2D eigenvalue weighted by molar-refractivity contribution is 7.90. The number of aromatic amines is 1. The maximum absolute atomic E-state index is 11.7. The maximum atomic E-state index is 11.7. The Morgan fingerprint density at radius 3 is 2.61 bits per heavy atom. The molecule has 9 nitrogen and oxygen atoms in total. The minimum atomic E-state index is -2.97. The molecule has 5 rings (SSSR count). The van der Waals surface area contributed by atoms with Crippen LogP contribution in [0.15, 0.2) is 12.5 Å². The van der Waals surface area contributed by atoms with E-state index in [-0.39, 0.29) is 17.8 Å². The van der Waals surface area contributed by atoms with Gasteiger partial charge in [-0.25, -0.2) is 22.9 Å². The van der Waals surface area contributed by atoms with Crippen LogP contribution in [0.25, 0.3) is 27.3 Å². The minimum absolute atomic E-state index is 0.199. The fourth-order valence-corrected chi connectivity index (χ4v) is 6.95. The first-order valence-corrected chi connectivity index (χ1v) is 15.3. The summed E-state index contributed by atoms with van der Waals surface area (Å²) < 4.78 is 25.2. The van der Waals surface area contributed by atoms with Gasteiger partial charge in [0, 0.05) is 55.3 Å². The topological polar surface area (TPSA) is 99.5 Å². The van der Waals surface area contributed by atoms with Crippen molar-refractivity contribution in [1.82, 2.24) is 29.5 Å². The van der Waals surface area contributed by atoms with Gasteiger partial charge in [0.05, 0.1) is 11.4 Å². The number of thiazole rings is 1. The van der Waals surface area contributed by atoms with Crippen LogP contribution in [-0.4, -0.2) is 81.6 Å². The largest absolute Gasteiger partial charge is 0.344 e. The highest BCUT2D eigenvalue weighted by atomic mass is 32.2. The zero-order chi connectivity index (χ0) is 25.9. The van der Waals surface area contributed by atoms with Gasteiger partial charge < -0.3 is 9.88 Å². The molecule has 1 aliphatic rings. The molecule has 1 N–H and O–H groups in total. The van der Waals surface area contributed by atoms with Crippen molar-refractivity contribution in [3.8, 4) is 11.3 Å². The molecule has 0 radical (unpaired) electrons. The highest BCUT2D eigenvalue weighted by Gasteiger charge is 2.32. The SMILES string of the molecule is Cc1c(-c2[nH]c3sc(N4C[C@@H](C)N(CCS(C)(=O)=O)C[C@@H]4C)nc3c2C(C)C)cn2ncnc2c1C. The Bertz CT molecular complexity index is 1530. The number of aromatic nitrogens is 5. The zero-order valence-corrected chi connectivity index (χ0v) is 23.7. The summed E-state index contributed by atoms with van der Waals surface area (Å²) >= 11 is 1.70. The molecule has 1 aliphatic heterocycles. The lowest BCUT2D eigenvalue weighted by Gasteiger charge is -2.44. The third kappa shape index (κ3) is 4.41. The number of aryl methyl sites for hydroxylation is 1. The second kappa shape index (κ2) is 9.11. The molecule has 11 heteroatoms. The molecule has 0 unspecified atom stereocenters. The Hall–Kier alpha value is -2.50. The second-order valence-electron chi connectivity index (χ2n) is 10.5. The summed E-state index contributed by atoms with van der Waals surface area (Å²) in [5, 5.41) is 5.40. The fraction of sp³-hybridized carbons (Fsp3) is 0.560. The Labute approximate surface area is 216 Å². The molecule has 194 valence electrons. The first kappa shape index (κ1) is 25.2. The zero-order valence-electron chi connectivity index (χ0n) is 22.0. The van der Waals surface area contributed by atoms with Crippen LogP contribution >= 0.6 is 11.3 Å². The van der Waals surface area contributed by atoms with Crippen molar-refractivity contribution in [3.05, 3.63) is 29.2 Å². The van der Waals surface area contributed by atoms with Crippen LogP contribution < -0.4 is 4.90 Å². The number of hydrogen-bond acceptors (Lipinski definition) is 8. The third-order valence-corrected chi connectivity index (χ3v) is 9.39. The van der Waals surface area contributed by atoms with E-state index in [1.165, 1.54) is 17.4 Å². The Morgan fingerprint density at radius 1 is 1.17 bits per heavy atom. The van der Waals surface area contributed by atoms with E-state index in [1.807, 2.05) is 4.52 Å². The Balaban J connectivity index is 1.49. The van der Waals surface area contributed by atoms with Crippen molar-refractivity contribution < 1.29 is 8.42 Å². The number of fused-ring (bicyclic) bond motifs is 2. The Morgan fingerprint density at radius 2 is 1.92 bits per heavy atom. The van der Waals surface area contributed by atoms with Gasteiger partial charge in [-0.15, -0.1) is 0 Å². The van der Waals surface area contributed by atoms with E-state index >= 15 is 0 Å². The van der Waals surface area contributed by atoms with E-state index in [2.05, 4.69) is 72.6 Å². The summed E-state index contributed by atoms with van der Waals surface area (Å²) in [6.07, 6.45) is 4.97. The summed E-state index contributed by atoms with van der Waals surface area (Å²) in [5.41, 5.74) is 7.70. The molecule has 1 fully saturated rings. The molecule has 0 spiro atoms. The van der Waals surface area contributed by atoms with E-state index in [4.69, 9.17) is 4.98 Å². The van der Waals surface area contributed by atoms with Crippen molar-refractivity contribution in [2.75, 3.05) is 36.5 Å². The van der Waals surface area contributed by atoms with Crippen molar-refractivity contribution >= 4 is 42.3 Å². The number of piperazine rings is 1. The van der Waals surface area contributed by atoms with Crippen molar-refractivity contribution in [1.29, 1.82) is 0 Å². The maximum Gasteiger partial charge on any atom is 0.188 e. The molecular weight excluding hydrogens is 494 g/mol. The van der Waals surface area contributed by atoms with E-state index in [0.717, 1.165) is 51.0 Å². The standard InChI is InChI=1S/C25H35N7O2S2/c1-14(2)20-21(19-12-32-23(26-13-27-32)18(6)17(19)5)28-24-22(20)29-25(35-24)31-11-15(3)30(10-16(31)4)8-9-36(7,33)34/h12-16,28H,8-11H2,1-7H3/t15-,16+/m1/s1. The highest BCUT2D eigenvalue weighted by Crippen LogP contribution is 2.41. The molecule has 0 saturated carbocycles. The van der Waals surface area contributed by atoms with Crippen LogP contribution in [0, 0.1) is 13.8 Å². The lowest BCUT2D eigenvalue weighted by atomic mass is 9.96. The molecule has 4 aromatic rings. The van der Waals surface area contributed by atoms with Crippen molar-refractivity contribution in [3.63, 3.8) is 0 Å². The van der Waals surface area contributed by atoms with Gasteiger partial charge in [-0.3, -0.25) is 4.90 Å². The lowest BCUT2D eigenvalue weighted by molar-refractivity contribution is 0.176. The summed E-state index contributed by atoms with van der Waals surface area (Å²) in [5.74, 6) is 0.489. The van der Waals surface area contributed by atoms with E-state index < -0.39 is 9.84 Å². The second-order valence-corrected chi connectivity index (χ2v) is 13.8. The molecule has 36 heavy (non-hydrogen) atoms. The number of anilines is 1. The molecule has 0 amide bonds. The van der Waals surface area contributed by atoms with Gasteiger partial charge in [0.1, 0.15) is 26.5 Å². The van der Waals surface area contributed by atoms with Crippen LogP contribution in [0.5, 0.6) is 0 Å². The van der Waals surface area contributed by atoms with Gasteiger partial charge in [0.15, 0.2) is 10.8 Å². The van der Waals surface area contributed by atoms with Crippen molar-refractivity contribution in [2.45, 2.75) is 59.5 Å². The predicted molar refractivity (Wildman–Crippen MR) is 147 cm³/mol. The number of hydrogen-bond donors (Lipinski definition) is 1. The van der Waals surface area contributed by atoms with Gasteiger partial charge in [0.2, 0.25) is 0 Å². The summed E-state index contributed by atoms with van der Waals surface area (Å²) in [6, 6.07) is 0.503. The number of pyridine rings is 1. The average molecular weight is 530 g/mol. The van der Waals surface area contributed by atoms with Crippen molar-refractivity contribution in [2.24, 2.45) is 0 Å². The first-order chi connectivity index (χ1) is 16.9. The molecule has 2 atom stereocenters. The third-order valence-electron chi connectivity index (χ3n) is 7.46. The molecule has 1 saturated heterocycles. The quantitative estimate of drug-likeness (QED) is 0.403. The monoisotopic (exact) mass is 529 g/mol. The fourth-order valence-electron chi connectivity index (χ4n) is 5.29. The number of nitrogens with zero attached hydrogens (tertiary/aromatic N) is 6. The van der Waals surface area contributed by atoms with Crippen LogP contribution in [0.4, 0.5) is 5.13 Å². The number of rotatable bonds is 6. The van der Waals surface area contributed by atoms with Crippen LogP contribution in [0.3, 0.4) is 0 Å². The van der Waals surface area contributed by atoms with Gasteiger partial charge >= 0.3 is 0 Å². The van der Waals surface area contributed by atoms with Crippen LogP contribution in [-0.2, 0) is 9.84 Å². The van der Waals surface area contributed by atoms with Crippen LogP contribution in [0.2, 0.25) is 0 Å². The number of sulfone groups is 1. The molecule has 4 aromatic heterocycles. The lowest BCUT2D eigenvalue weighted by Crippen LogP contribution is -2.57. The predicted octanol–water partition coefficient (Wildman–Crippen LogP) is 4.02. The number of nitrogens with one attached hydrogen (secondary N) is 1. The average Bonchev–Trinajstić information content (AvgIpc) is 3.49. The summed E-state index contributed by atoms with van der Waals surface area (Å²) in [4.78, 5) is 19.0. The smallest absolute Gasteiger partial charge is 0.188 e. The number of H-pyrrole nitrogens is 1. The minimum Gasteiger partial charge on any atom is -0.344 e. The van der Waals surface area contributed by atoms with E-state index in [9.17, 15) is 8.42 Å². The Kier molecular flexibility index (Phi) is 6.37. The van der Waals surface area contributed by atoms with Gasteiger partial charge in [-0.05, 0) is 44.7 Å². The summed E-state index contributed by atoms with van der Waals surface area (Å²) in [7, 11) is -2.97. The molecular formula is C25H35N7O2S2. The summed E-state index contributed by atoms with van der Waals surface area (Å²) in [6.45, 7) is 15.3. The normalized spacial score (nSPS) is 19.8. The first-order valence-electron chi connectivity index (χ1n) is 12.4. The molecule has 0 aliphatic carbocycles. The van der Waals surface area contributed by atoms with E-state index in [1.54, 1.807) is 17.7 Å². The van der Waals surface area contributed by atoms with Gasteiger partial charge in [0.25, 0.3) is 0 Å². The molecule has 0 aromatic carbocycles. The van der Waals surface area contributed by atoms with Gasteiger partial charge in [-0.2, -0.15) is 5.10 Å². The van der Waals surface area contributed by atoms with Crippen LogP contribution in [0.1, 0.15) is 50.3 Å². The molecule has 0 bridgehead atoms. The van der Waals surface area contributed by atoms with Gasteiger partial charge in [-0.1, -0.05) is 25.2 Å². The van der Waals surface area contributed by atoms with E-state index in [0.29, 0.717) is 12.5 Å². The molecule has 5 heterocycles.